The summed E-state index contributed by atoms with van der Waals surface area (Å²) < 4.78 is 40.1. The molecule has 10 nitrogen and oxygen atoms in total. The summed E-state index contributed by atoms with van der Waals surface area (Å²) in [4.78, 5) is 19.1. The number of hydrogen-bond acceptors (Lipinski definition) is 7. The van der Waals surface area contributed by atoms with Crippen molar-refractivity contribution in [2.45, 2.75) is 13.1 Å². The molecule has 12 heteroatoms. The Balaban J connectivity index is 1.40. The van der Waals surface area contributed by atoms with Gasteiger partial charge in [0.25, 0.3) is 0 Å². The molecule has 0 radical (unpaired) electrons. The third-order valence-corrected chi connectivity index (χ3v) is 7.28. The normalized spacial score (nSPS) is 12.1. The van der Waals surface area contributed by atoms with Gasteiger partial charge in [-0.05, 0) is 67.7 Å². The predicted molar refractivity (Wildman–Crippen MR) is 157 cm³/mol. The Morgan fingerprint density at radius 3 is 2.51 bits per heavy atom. The molecule has 1 aromatic carbocycles. The molecule has 208 valence electrons. The van der Waals surface area contributed by atoms with Crippen LogP contribution in [0.15, 0.2) is 67.3 Å². The molecule has 0 saturated carbocycles. The molecule has 0 spiro atoms. The molecule has 0 atom stereocenters. The average Bonchev–Trinajstić information content (AvgIpc) is 3.54. The third-order valence-electron chi connectivity index (χ3n) is 6.61. The molecule has 0 aliphatic heterocycles. The number of H-pyrrole nitrogens is 2. The zero-order valence-electron chi connectivity index (χ0n) is 22.6. The van der Waals surface area contributed by atoms with Gasteiger partial charge in [0, 0.05) is 59.1 Å². The van der Waals surface area contributed by atoms with Gasteiger partial charge < -0.3 is 9.88 Å². The van der Waals surface area contributed by atoms with Crippen molar-refractivity contribution < 1.29 is 12.8 Å². The predicted octanol–water partition coefficient (Wildman–Crippen LogP) is 4.48. The van der Waals surface area contributed by atoms with Crippen LogP contribution in [0.5, 0.6) is 0 Å². The van der Waals surface area contributed by atoms with Crippen LogP contribution in [0.1, 0.15) is 11.1 Å². The van der Waals surface area contributed by atoms with Crippen LogP contribution in [0.4, 0.5) is 4.39 Å². The Bertz CT molecular complexity index is 2020. The van der Waals surface area contributed by atoms with Crippen molar-refractivity contribution in [2.24, 2.45) is 0 Å². The van der Waals surface area contributed by atoms with Crippen LogP contribution in [-0.4, -0.2) is 63.8 Å². The van der Waals surface area contributed by atoms with Crippen molar-refractivity contribution in [1.82, 2.24) is 39.8 Å². The van der Waals surface area contributed by atoms with Crippen LogP contribution in [0.2, 0.25) is 0 Å². The Morgan fingerprint density at radius 2 is 1.71 bits per heavy atom. The molecule has 0 bridgehead atoms. The second-order valence-corrected chi connectivity index (χ2v) is 12.1. The highest BCUT2D eigenvalue weighted by Crippen LogP contribution is 2.34. The van der Waals surface area contributed by atoms with Crippen LogP contribution in [0.3, 0.4) is 0 Å². The Morgan fingerprint density at radius 1 is 0.902 bits per heavy atom. The first-order valence-electron chi connectivity index (χ1n) is 12.8. The smallest absolute Gasteiger partial charge is 0.209 e. The number of fused-ring (bicyclic) bond motifs is 2. The quantitative estimate of drug-likeness (QED) is 0.246. The molecule has 6 aromatic rings. The zero-order valence-corrected chi connectivity index (χ0v) is 23.4. The molecule has 5 aromatic heterocycles. The van der Waals surface area contributed by atoms with Crippen molar-refractivity contribution in [3.8, 4) is 33.9 Å². The van der Waals surface area contributed by atoms with Gasteiger partial charge in [-0.25, -0.2) is 17.5 Å². The minimum absolute atomic E-state index is 0.0266. The van der Waals surface area contributed by atoms with E-state index in [1.54, 1.807) is 24.7 Å². The number of nitrogens with zero attached hydrogens (tertiary/aromatic N) is 5. The maximum absolute atomic E-state index is 14.6. The highest BCUT2D eigenvalue weighted by Gasteiger charge is 2.16. The standard InChI is InChI=1S/C29H27FN8O2S/c1-38(2)16-18-7-20(14-31-12-18)25-10-23-27(15-33-25)36-37-29(23)26-11-22-24(35-26)4-5-32-28(22)19-6-17(8-21(30)9-19)13-34-41(3,39)40/h4-12,14-15,34-35H,13,16H2,1-3H3,(H,36,37). The number of aromatic amines is 2. The zero-order chi connectivity index (χ0) is 28.7. The summed E-state index contributed by atoms with van der Waals surface area (Å²) in [5, 5.41) is 9.29. The van der Waals surface area contributed by atoms with Crippen molar-refractivity contribution in [3.05, 3.63) is 84.2 Å². The van der Waals surface area contributed by atoms with Crippen molar-refractivity contribution in [3.63, 3.8) is 0 Å². The summed E-state index contributed by atoms with van der Waals surface area (Å²) in [6, 6.07) is 12.3. The highest BCUT2D eigenvalue weighted by atomic mass is 32.2. The van der Waals surface area contributed by atoms with E-state index in [0.29, 0.717) is 22.5 Å². The second kappa shape index (κ2) is 10.5. The maximum Gasteiger partial charge on any atom is 0.209 e. The van der Waals surface area contributed by atoms with E-state index in [4.69, 9.17) is 0 Å². The lowest BCUT2D eigenvalue weighted by Gasteiger charge is -2.10. The van der Waals surface area contributed by atoms with Gasteiger partial charge in [0.1, 0.15) is 11.5 Å². The van der Waals surface area contributed by atoms with Crippen molar-refractivity contribution in [1.29, 1.82) is 0 Å². The number of aromatic nitrogens is 6. The van der Waals surface area contributed by atoms with Gasteiger partial charge in [-0.1, -0.05) is 0 Å². The lowest BCUT2D eigenvalue weighted by molar-refractivity contribution is 0.402. The summed E-state index contributed by atoms with van der Waals surface area (Å²) >= 11 is 0. The minimum Gasteiger partial charge on any atom is -0.353 e. The molecule has 5 heterocycles. The van der Waals surface area contributed by atoms with Crippen LogP contribution >= 0.6 is 0 Å². The Hall–Kier alpha value is -4.52. The lowest BCUT2D eigenvalue weighted by Crippen LogP contribution is -2.21. The van der Waals surface area contributed by atoms with E-state index >= 15 is 0 Å². The fraction of sp³-hybridized carbons (Fsp3) is 0.172. The summed E-state index contributed by atoms with van der Waals surface area (Å²) in [5.41, 5.74) is 7.42. The number of rotatable bonds is 8. The topological polar surface area (TPSA) is 133 Å². The van der Waals surface area contributed by atoms with E-state index in [0.717, 1.165) is 57.1 Å². The van der Waals surface area contributed by atoms with Crippen LogP contribution in [-0.2, 0) is 23.1 Å². The van der Waals surface area contributed by atoms with E-state index in [2.05, 4.69) is 45.8 Å². The Labute approximate surface area is 235 Å². The number of benzene rings is 1. The fourth-order valence-electron chi connectivity index (χ4n) is 4.87. The average molecular weight is 571 g/mol. The summed E-state index contributed by atoms with van der Waals surface area (Å²) in [6.45, 7) is 0.744. The Kier molecular flexibility index (Phi) is 6.81. The first-order valence-corrected chi connectivity index (χ1v) is 14.7. The first kappa shape index (κ1) is 26.7. The van der Waals surface area contributed by atoms with Gasteiger partial charge in [-0.2, -0.15) is 5.10 Å². The van der Waals surface area contributed by atoms with Gasteiger partial charge in [0.2, 0.25) is 10.0 Å². The largest absolute Gasteiger partial charge is 0.353 e. The molecule has 0 aliphatic carbocycles. The second-order valence-electron chi connectivity index (χ2n) is 10.3. The molecule has 0 fully saturated rings. The number of nitrogens with one attached hydrogen (secondary N) is 3. The SMILES string of the molecule is CN(C)Cc1cncc(-c2cc3c(-c4cc5c(-c6cc(F)cc(CNS(C)(=O)=O)c6)nccc5[nH]4)n[nH]c3cn2)c1. The number of sulfonamides is 1. The first-order chi connectivity index (χ1) is 19.6. The van der Waals surface area contributed by atoms with Gasteiger partial charge in [0.15, 0.2) is 0 Å². The van der Waals surface area contributed by atoms with E-state index in [9.17, 15) is 12.8 Å². The molecule has 0 unspecified atom stereocenters. The van der Waals surface area contributed by atoms with Crippen LogP contribution < -0.4 is 4.72 Å². The monoisotopic (exact) mass is 570 g/mol. The van der Waals surface area contributed by atoms with Gasteiger partial charge >= 0.3 is 0 Å². The molecular formula is C29H27FN8O2S. The fourth-order valence-corrected chi connectivity index (χ4v) is 5.30. The molecular weight excluding hydrogens is 543 g/mol. The molecule has 0 saturated heterocycles. The van der Waals surface area contributed by atoms with Crippen LogP contribution in [0.25, 0.3) is 55.7 Å². The third kappa shape index (κ3) is 5.71. The molecule has 3 N–H and O–H groups in total. The molecule has 0 aliphatic rings. The van der Waals surface area contributed by atoms with Gasteiger partial charge in [-0.15, -0.1) is 0 Å². The van der Waals surface area contributed by atoms with E-state index in [-0.39, 0.29) is 6.54 Å². The summed E-state index contributed by atoms with van der Waals surface area (Å²) in [7, 11) is 0.599. The number of hydrogen-bond donors (Lipinski definition) is 3. The molecule has 0 amide bonds. The molecule has 41 heavy (non-hydrogen) atoms. The van der Waals surface area contributed by atoms with Crippen molar-refractivity contribution in [2.75, 3.05) is 20.4 Å². The number of halogens is 1. The molecule has 6 rings (SSSR count). The van der Waals surface area contributed by atoms with E-state index in [1.807, 2.05) is 38.5 Å². The minimum atomic E-state index is -3.43. The van der Waals surface area contributed by atoms with Gasteiger partial charge in [0.05, 0.1) is 35.1 Å². The summed E-state index contributed by atoms with van der Waals surface area (Å²) in [5.74, 6) is -0.482. The maximum atomic E-state index is 14.6. The van der Waals surface area contributed by atoms with E-state index < -0.39 is 15.8 Å². The number of pyridine rings is 3. The van der Waals surface area contributed by atoms with Crippen molar-refractivity contribution >= 4 is 31.8 Å². The lowest BCUT2D eigenvalue weighted by atomic mass is 10.0. The summed E-state index contributed by atoms with van der Waals surface area (Å²) in [6.07, 6.45) is 8.12. The highest BCUT2D eigenvalue weighted by molar-refractivity contribution is 7.88. The van der Waals surface area contributed by atoms with E-state index in [1.165, 1.54) is 12.1 Å². The van der Waals surface area contributed by atoms with Gasteiger partial charge in [-0.3, -0.25) is 20.1 Å². The van der Waals surface area contributed by atoms with Crippen LogP contribution in [0, 0.1) is 5.82 Å².